The number of fused-ring (bicyclic) bond motifs is 4. The third kappa shape index (κ3) is 5.78. The highest BCUT2D eigenvalue weighted by atomic mass is 19.1. The maximum atomic E-state index is 14.2. The number of pyridine rings is 2. The van der Waals surface area contributed by atoms with Crippen LogP contribution in [-0.2, 0) is 12.8 Å². The first-order valence-corrected chi connectivity index (χ1v) is 18.2. The van der Waals surface area contributed by atoms with Crippen molar-refractivity contribution in [3.8, 4) is 0 Å². The standard InChI is InChI=1S/C20H21FN6.C19H19FN6.CH4/c1-5-13-6-17-23-18(12(4)26(17)9-16(13)21)14-7-15(14)19-24-20-11(3)22-8-10(2)27(20)25-19;1-4-12-5-17-22-16(9-25(17)8-15(12)20)13-6-14(13)18-23-19-11(3)21-7-10(2)26(19)24-18;/h6,8-9,14-15H,5,7H2,1-4H3;5,7-9,13-14H,4,6H2,1-3H3;1H4. The van der Waals surface area contributed by atoms with Crippen LogP contribution in [0.25, 0.3) is 22.6 Å². The molecule has 2 aliphatic carbocycles. The second-order valence-electron chi connectivity index (χ2n) is 14.5. The summed E-state index contributed by atoms with van der Waals surface area (Å²) in [5, 5.41) is 9.38. The molecule has 4 unspecified atom stereocenters. The smallest absolute Gasteiger partial charge is 0.177 e. The maximum Gasteiger partial charge on any atom is 0.177 e. The normalized spacial score (nSPS) is 19.1. The van der Waals surface area contributed by atoms with E-state index in [1.807, 2.05) is 92.6 Å². The molecule has 278 valence electrons. The molecule has 10 rings (SSSR count). The van der Waals surface area contributed by atoms with Crippen LogP contribution in [0.3, 0.4) is 0 Å². The van der Waals surface area contributed by atoms with Crippen molar-refractivity contribution < 1.29 is 8.78 Å². The molecule has 0 spiro atoms. The van der Waals surface area contributed by atoms with Gasteiger partial charge in [0.1, 0.15) is 22.9 Å². The van der Waals surface area contributed by atoms with Crippen molar-refractivity contribution >= 4 is 22.6 Å². The van der Waals surface area contributed by atoms with E-state index >= 15 is 0 Å². The van der Waals surface area contributed by atoms with Crippen molar-refractivity contribution in [2.75, 3.05) is 0 Å². The van der Waals surface area contributed by atoms with Gasteiger partial charge in [0.15, 0.2) is 22.9 Å². The van der Waals surface area contributed by atoms with Crippen LogP contribution in [-0.4, -0.2) is 57.9 Å². The monoisotopic (exact) mass is 730 g/mol. The van der Waals surface area contributed by atoms with Crippen molar-refractivity contribution in [3.63, 3.8) is 0 Å². The summed E-state index contributed by atoms with van der Waals surface area (Å²) in [5.74, 6) is 2.40. The molecular formula is C40H44F2N12. The number of aromatic nitrogens is 12. The van der Waals surface area contributed by atoms with Crippen molar-refractivity contribution in [1.29, 1.82) is 0 Å². The molecule has 54 heavy (non-hydrogen) atoms. The van der Waals surface area contributed by atoms with E-state index in [0.29, 0.717) is 24.0 Å². The Hall–Kier alpha value is -5.66. The molecule has 0 aliphatic heterocycles. The van der Waals surface area contributed by atoms with Gasteiger partial charge < -0.3 is 8.80 Å². The van der Waals surface area contributed by atoms with E-state index in [2.05, 4.69) is 15.1 Å². The zero-order valence-electron chi connectivity index (χ0n) is 30.8. The predicted octanol–water partition coefficient (Wildman–Crippen LogP) is 7.67. The van der Waals surface area contributed by atoms with Crippen LogP contribution in [0.2, 0.25) is 0 Å². The molecule has 2 aliphatic rings. The Balaban J connectivity index is 0.000000150. The van der Waals surface area contributed by atoms with Gasteiger partial charge in [-0.1, -0.05) is 21.3 Å². The van der Waals surface area contributed by atoms with Gasteiger partial charge in [0.2, 0.25) is 0 Å². The molecule has 8 aromatic rings. The summed E-state index contributed by atoms with van der Waals surface area (Å²) >= 11 is 0. The molecule has 0 amide bonds. The molecular weight excluding hydrogens is 687 g/mol. The second-order valence-corrected chi connectivity index (χ2v) is 14.5. The Morgan fingerprint density at radius 1 is 0.648 bits per heavy atom. The van der Waals surface area contributed by atoms with E-state index in [9.17, 15) is 8.78 Å². The summed E-state index contributed by atoms with van der Waals surface area (Å²) in [5.41, 5.74) is 11.3. The molecule has 8 aromatic heterocycles. The summed E-state index contributed by atoms with van der Waals surface area (Å²) < 4.78 is 35.5. The second kappa shape index (κ2) is 13.0. The van der Waals surface area contributed by atoms with Gasteiger partial charge in [-0.05, 0) is 83.6 Å². The Morgan fingerprint density at radius 2 is 1.19 bits per heavy atom. The minimum atomic E-state index is -0.184. The Kier molecular flexibility index (Phi) is 8.53. The van der Waals surface area contributed by atoms with Crippen LogP contribution in [0, 0.1) is 46.3 Å². The van der Waals surface area contributed by atoms with Crippen molar-refractivity contribution in [1.82, 2.24) is 57.9 Å². The van der Waals surface area contributed by atoms with E-state index in [1.165, 1.54) is 6.20 Å². The topological polar surface area (TPSA) is 121 Å². The van der Waals surface area contributed by atoms with Gasteiger partial charge in [0.05, 0.1) is 34.2 Å². The van der Waals surface area contributed by atoms with Crippen LogP contribution < -0.4 is 0 Å². The van der Waals surface area contributed by atoms with Gasteiger partial charge in [0, 0.05) is 60.3 Å². The van der Waals surface area contributed by atoms with E-state index in [0.717, 1.165) is 86.9 Å². The fourth-order valence-electron chi connectivity index (χ4n) is 7.50. The van der Waals surface area contributed by atoms with E-state index in [-0.39, 0.29) is 42.7 Å². The molecule has 2 fully saturated rings. The lowest BCUT2D eigenvalue weighted by Gasteiger charge is -2.02. The lowest BCUT2D eigenvalue weighted by Crippen LogP contribution is -1.97. The van der Waals surface area contributed by atoms with Crippen LogP contribution in [0.4, 0.5) is 8.78 Å². The third-order valence-electron chi connectivity index (χ3n) is 10.9. The van der Waals surface area contributed by atoms with E-state index in [4.69, 9.17) is 25.0 Å². The summed E-state index contributed by atoms with van der Waals surface area (Å²) in [7, 11) is 0. The highest BCUT2D eigenvalue weighted by Crippen LogP contribution is 2.54. The predicted molar refractivity (Wildman–Crippen MR) is 201 cm³/mol. The van der Waals surface area contributed by atoms with E-state index < -0.39 is 0 Å². The van der Waals surface area contributed by atoms with Gasteiger partial charge >= 0.3 is 0 Å². The minimum absolute atomic E-state index is 0. The molecule has 0 bridgehead atoms. The number of rotatable bonds is 6. The van der Waals surface area contributed by atoms with Crippen molar-refractivity contribution in [2.45, 2.75) is 105 Å². The largest absolute Gasteiger partial charge is 0.304 e. The Morgan fingerprint density at radius 3 is 1.76 bits per heavy atom. The molecule has 2 saturated carbocycles. The SMILES string of the molecule is C.CCc1cc2nc(C3CC3c3nc4c(C)ncc(C)n4n3)c(C)n2cc1F.CCc1cc2nc(C3CC3c3nc4c(C)ncc(C)n4n3)cn2cc1F. The lowest BCUT2D eigenvalue weighted by molar-refractivity contribution is 0.603. The molecule has 12 nitrogen and oxygen atoms in total. The fourth-order valence-corrected chi connectivity index (χ4v) is 7.50. The lowest BCUT2D eigenvalue weighted by atomic mass is 10.2. The number of aryl methyl sites for hydroxylation is 7. The molecule has 0 saturated heterocycles. The van der Waals surface area contributed by atoms with Crippen LogP contribution in [0.5, 0.6) is 0 Å². The van der Waals surface area contributed by atoms with Gasteiger partial charge in [-0.25, -0.2) is 37.7 Å². The van der Waals surface area contributed by atoms with Crippen LogP contribution >= 0.6 is 0 Å². The molecule has 0 radical (unpaired) electrons. The first-order valence-electron chi connectivity index (χ1n) is 18.2. The summed E-state index contributed by atoms with van der Waals surface area (Å²) in [6.45, 7) is 13.8. The van der Waals surface area contributed by atoms with Crippen LogP contribution in [0.1, 0.15) is 120 Å². The minimum Gasteiger partial charge on any atom is -0.304 e. The number of hydrogen-bond acceptors (Lipinski definition) is 8. The third-order valence-corrected chi connectivity index (χ3v) is 10.9. The average Bonchev–Trinajstić information content (AvgIpc) is 3.88. The maximum absolute atomic E-state index is 14.2. The number of imidazole rings is 2. The van der Waals surface area contributed by atoms with Crippen molar-refractivity contribution in [2.24, 2.45) is 0 Å². The summed E-state index contributed by atoms with van der Waals surface area (Å²) in [6.07, 6.45) is 11.9. The van der Waals surface area contributed by atoms with Gasteiger partial charge in [0.25, 0.3) is 0 Å². The first kappa shape index (κ1) is 35.4. The molecule has 0 aromatic carbocycles. The average molecular weight is 731 g/mol. The highest BCUT2D eigenvalue weighted by molar-refractivity contribution is 5.50. The zero-order valence-corrected chi connectivity index (χ0v) is 30.8. The van der Waals surface area contributed by atoms with E-state index in [1.54, 1.807) is 10.6 Å². The van der Waals surface area contributed by atoms with Gasteiger partial charge in [-0.15, -0.1) is 0 Å². The number of halogens is 2. The summed E-state index contributed by atoms with van der Waals surface area (Å²) in [4.78, 5) is 27.7. The van der Waals surface area contributed by atoms with Gasteiger partial charge in [-0.3, -0.25) is 9.97 Å². The number of nitrogens with zero attached hydrogens (tertiary/aromatic N) is 12. The summed E-state index contributed by atoms with van der Waals surface area (Å²) in [6, 6.07) is 3.68. The number of hydrogen-bond donors (Lipinski definition) is 0. The highest BCUT2D eigenvalue weighted by Gasteiger charge is 2.46. The molecule has 4 atom stereocenters. The van der Waals surface area contributed by atoms with Gasteiger partial charge in [-0.2, -0.15) is 10.2 Å². The Labute approximate surface area is 311 Å². The molecule has 8 heterocycles. The zero-order chi connectivity index (χ0) is 36.9. The quantitative estimate of drug-likeness (QED) is 0.171. The van der Waals surface area contributed by atoms with Crippen molar-refractivity contribution in [3.05, 3.63) is 117 Å². The first-order chi connectivity index (χ1) is 25.5. The fraction of sp³-hybridized carbons (Fsp3) is 0.400. The molecule has 0 N–H and O–H groups in total. The Bertz CT molecular complexity index is 2660. The van der Waals surface area contributed by atoms with Crippen LogP contribution in [0.15, 0.2) is 43.1 Å². The molecule has 14 heteroatoms.